The standard InChI is InChI=1S/C64H46N2O2.C60H40N4O2/c1-39-25-31-47-51(43-26-28-45(29-27-43)66(57-21-11-8-15-41(57)3)58-22-12-9-16-42(58)4)37-54-53(52(47)33-39)38-56-49-32-30-46(36-61(49)67-62-35-40(2)34-55(54)63(56)62)65(44-17-6-5-7-18-44)59-23-14-20-50-48-19-10-13-24-60(48)68-64(50)59;1-37-15-21-45-49(39-16-18-41(19-17-39)63(42-23-27-61-28-24-42)43-25-29-62-30-26-43)35-52-51(50(45)31-37)36-54-47-22-20-44(34-57(47)65-58-33-38(2)32-53(52)59(54)58)64(40-9-4-3-5-10-40)55-13-8-12-48-46-11-6-7-14-56(46)66-60(48)55/h5-38H,1-4H3;3-36H,1-2H3. The van der Waals surface area contributed by atoms with Crippen LogP contribution in [0, 0.1) is 41.5 Å². The number of ether oxygens (including phenoxy) is 2. The van der Waals surface area contributed by atoms with E-state index in [1.807, 2.05) is 73.3 Å². The molecule has 10 heteroatoms. The third-order valence-corrected chi connectivity index (χ3v) is 27.0. The van der Waals surface area contributed by atoms with E-state index >= 15 is 0 Å². The number of aryl methyl sites for hydroxylation is 6. The first-order valence-corrected chi connectivity index (χ1v) is 45.7. The van der Waals surface area contributed by atoms with Gasteiger partial charge in [-0.25, -0.2) is 0 Å². The largest absolute Gasteiger partial charge is 0.456 e. The van der Waals surface area contributed by atoms with Crippen LogP contribution in [0.15, 0.2) is 422 Å². The topological polar surface area (TPSA) is 83.5 Å². The number of furan rings is 2. The predicted octanol–water partition coefficient (Wildman–Crippen LogP) is 35.5. The van der Waals surface area contributed by atoms with Gasteiger partial charge in [-0.05, 0) is 321 Å². The van der Waals surface area contributed by atoms with Crippen molar-refractivity contribution in [3.05, 3.63) is 446 Å². The summed E-state index contributed by atoms with van der Waals surface area (Å²) in [5, 5.41) is 18.8. The Morgan fingerprint density at radius 1 is 0.194 bits per heavy atom. The second-order valence-corrected chi connectivity index (χ2v) is 35.5. The third kappa shape index (κ3) is 13.2. The second-order valence-electron chi connectivity index (χ2n) is 35.5. The Hall–Kier alpha value is -17.3. The fourth-order valence-corrected chi connectivity index (χ4v) is 20.9. The van der Waals surface area contributed by atoms with Gasteiger partial charge in [-0.3, -0.25) is 9.97 Å². The number of anilines is 12. The highest BCUT2D eigenvalue weighted by atomic mass is 16.5. The summed E-state index contributed by atoms with van der Waals surface area (Å²) < 4.78 is 27.3. The summed E-state index contributed by atoms with van der Waals surface area (Å²) in [5.41, 5.74) is 32.3. The SMILES string of the molecule is Cc1ccc2c(-c3ccc(N(c4ccccc4C)c4ccccc4C)cc3)cc3c4cc(C)cc5c4c(cc3c2c1)-c1ccc(N(c2ccccc2)c2cccc3c2oc2ccccc23)cc1O5.Cc1ccc2c(-c3ccc(N(c4ccncc4)c4ccncc4)cc3)cc3c4cc(C)cc5c4c(cc3c2c1)-c1ccc(N(c2ccccc2)c2cccc3c2oc2ccccc23)cc1O5. The molecule has 0 saturated carbocycles. The van der Waals surface area contributed by atoms with Crippen molar-refractivity contribution in [1.82, 2.24) is 9.97 Å². The van der Waals surface area contributed by atoms with Crippen LogP contribution in [-0.4, -0.2) is 9.97 Å². The molecule has 0 aliphatic carbocycles. The molecular weight excluding hydrogens is 1640 g/mol. The Balaban J connectivity index is 0.000000143. The Bertz CT molecular complexity index is 8820. The summed E-state index contributed by atoms with van der Waals surface area (Å²) in [5.74, 6) is 3.37. The molecule has 2 aliphatic heterocycles. The van der Waals surface area contributed by atoms with E-state index in [0.29, 0.717) is 0 Å². The van der Waals surface area contributed by atoms with Gasteiger partial charge in [0.05, 0.1) is 22.7 Å². The Morgan fingerprint density at radius 3 is 0.978 bits per heavy atom. The van der Waals surface area contributed by atoms with Gasteiger partial charge in [0.15, 0.2) is 11.2 Å². The lowest BCUT2D eigenvalue weighted by Gasteiger charge is -2.29. The first kappa shape index (κ1) is 78.9. The van der Waals surface area contributed by atoms with Gasteiger partial charge >= 0.3 is 0 Å². The molecule has 20 aromatic carbocycles. The molecule has 26 rings (SSSR count). The molecule has 6 heterocycles. The highest BCUT2D eigenvalue weighted by Gasteiger charge is 2.31. The van der Waals surface area contributed by atoms with Crippen LogP contribution in [0.25, 0.3) is 153 Å². The van der Waals surface area contributed by atoms with Crippen LogP contribution in [0.1, 0.15) is 33.4 Å². The molecule has 0 saturated heterocycles. The smallest absolute Gasteiger partial charge is 0.159 e. The average Bonchev–Trinajstić information content (AvgIpc) is 0.885. The molecule has 636 valence electrons. The van der Waals surface area contributed by atoms with E-state index in [1.165, 1.54) is 110 Å². The zero-order chi connectivity index (χ0) is 89.5. The molecule has 0 N–H and O–H groups in total. The van der Waals surface area contributed by atoms with Crippen LogP contribution in [0.2, 0.25) is 0 Å². The summed E-state index contributed by atoms with van der Waals surface area (Å²) >= 11 is 0. The minimum Gasteiger partial charge on any atom is -0.456 e. The van der Waals surface area contributed by atoms with E-state index in [0.717, 1.165) is 168 Å². The molecule has 0 radical (unpaired) electrons. The van der Waals surface area contributed by atoms with Gasteiger partial charge in [-0.1, -0.05) is 217 Å². The van der Waals surface area contributed by atoms with Crippen molar-refractivity contribution in [1.29, 1.82) is 0 Å². The van der Waals surface area contributed by atoms with Crippen LogP contribution >= 0.6 is 0 Å². The molecule has 0 bridgehead atoms. The number of nitrogens with zero attached hydrogens (tertiary/aromatic N) is 6. The van der Waals surface area contributed by atoms with E-state index in [1.54, 1.807) is 0 Å². The highest BCUT2D eigenvalue weighted by Crippen LogP contribution is 2.57. The van der Waals surface area contributed by atoms with Crippen LogP contribution in [-0.2, 0) is 0 Å². The van der Waals surface area contributed by atoms with Crippen molar-refractivity contribution in [2.45, 2.75) is 41.5 Å². The Morgan fingerprint density at radius 2 is 0.537 bits per heavy atom. The summed E-state index contributed by atoms with van der Waals surface area (Å²) in [4.78, 5) is 17.7. The zero-order valence-corrected chi connectivity index (χ0v) is 74.6. The van der Waals surface area contributed by atoms with Crippen molar-refractivity contribution in [2.75, 3.05) is 19.6 Å². The van der Waals surface area contributed by atoms with Gasteiger partial charge < -0.3 is 37.9 Å². The van der Waals surface area contributed by atoms with Crippen molar-refractivity contribution in [2.24, 2.45) is 0 Å². The number of rotatable bonds is 14. The molecule has 0 fully saturated rings. The third-order valence-electron chi connectivity index (χ3n) is 27.0. The number of fused-ring (bicyclic) bond motifs is 18. The molecular formula is C124H86N6O4. The first-order valence-electron chi connectivity index (χ1n) is 45.7. The Kier molecular flexibility index (Phi) is 18.7. The maximum absolute atomic E-state index is 7.07. The van der Waals surface area contributed by atoms with E-state index in [2.05, 4.69) is 411 Å². The number of hydrogen-bond donors (Lipinski definition) is 0. The van der Waals surface area contributed by atoms with E-state index in [-0.39, 0.29) is 0 Å². The van der Waals surface area contributed by atoms with Crippen LogP contribution in [0.5, 0.6) is 23.0 Å². The fraction of sp³-hybridized carbons (Fsp3) is 0.0484. The van der Waals surface area contributed by atoms with E-state index in [9.17, 15) is 0 Å². The summed E-state index contributed by atoms with van der Waals surface area (Å²) in [6.07, 6.45) is 7.31. The van der Waals surface area contributed by atoms with E-state index < -0.39 is 0 Å². The quantitative estimate of drug-likeness (QED) is 0.0982. The lowest BCUT2D eigenvalue weighted by molar-refractivity contribution is 0.486. The van der Waals surface area contributed by atoms with Gasteiger partial charge in [0.25, 0.3) is 0 Å². The number of hydrogen-bond acceptors (Lipinski definition) is 10. The number of para-hydroxylation sites is 8. The molecule has 0 amide bonds. The first-order chi connectivity index (χ1) is 65.9. The maximum atomic E-state index is 7.07. The molecule has 0 unspecified atom stereocenters. The minimum atomic E-state index is 0.814. The monoisotopic (exact) mass is 1720 g/mol. The van der Waals surface area contributed by atoms with Gasteiger partial charge in [-0.15, -0.1) is 0 Å². The molecule has 2 aliphatic rings. The minimum absolute atomic E-state index is 0.814. The number of benzene rings is 20. The van der Waals surface area contributed by atoms with Gasteiger partial charge in [-0.2, -0.15) is 0 Å². The fourth-order valence-electron chi connectivity index (χ4n) is 20.9. The van der Waals surface area contributed by atoms with E-state index in [4.69, 9.17) is 18.3 Å². The molecule has 134 heavy (non-hydrogen) atoms. The number of aromatic nitrogens is 2. The summed E-state index contributed by atoms with van der Waals surface area (Å²) in [6.45, 7) is 13.1. The maximum Gasteiger partial charge on any atom is 0.159 e. The van der Waals surface area contributed by atoms with Gasteiger partial charge in [0.2, 0.25) is 0 Å². The molecule has 24 aromatic rings. The lowest BCUT2D eigenvalue weighted by Crippen LogP contribution is -2.12. The predicted molar refractivity (Wildman–Crippen MR) is 557 cm³/mol. The highest BCUT2D eigenvalue weighted by molar-refractivity contribution is 6.28. The molecule has 10 nitrogen and oxygen atoms in total. The number of pyridine rings is 2. The zero-order valence-electron chi connectivity index (χ0n) is 74.6. The van der Waals surface area contributed by atoms with Crippen molar-refractivity contribution >= 4 is 177 Å². The van der Waals surface area contributed by atoms with Gasteiger partial charge in [0, 0.05) is 126 Å². The molecule has 0 spiro atoms. The molecule has 4 aromatic heterocycles. The van der Waals surface area contributed by atoms with Crippen LogP contribution in [0.4, 0.5) is 68.2 Å². The second kappa shape index (κ2) is 31.8. The average molecular weight is 1720 g/mol. The normalized spacial score (nSPS) is 11.9. The van der Waals surface area contributed by atoms with Crippen molar-refractivity contribution in [3.63, 3.8) is 0 Å². The Labute approximate surface area is 774 Å². The van der Waals surface area contributed by atoms with Gasteiger partial charge in [0.1, 0.15) is 34.2 Å². The van der Waals surface area contributed by atoms with Crippen LogP contribution in [0.3, 0.4) is 0 Å². The molecule has 0 atom stereocenters. The summed E-state index contributed by atoms with van der Waals surface area (Å²) in [7, 11) is 0. The lowest BCUT2D eigenvalue weighted by atomic mass is 9.85. The van der Waals surface area contributed by atoms with Crippen LogP contribution < -0.4 is 29.1 Å². The van der Waals surface area contributed by atoms with Crippen molar-refractivity contribution in [3.8, 4) is 67.5 Å². The van der Waals surface area contributed by atoms with Crippen molar-refractivity contribution < 1.29 is 18.3 Å². The summed E-state index contributed by atoms with van der Waals surface area (Å²) in [6, 6.07) is 139.